The lowest BCUT2D eigenvalue weighted by Gasteiger charge is -2.29. The third-order valence-electron chi connectivity index (χ3n) is 1.48. The Labute approximate surface area is 52.4 Å². The fraction of sp³-hybridized carbons (Fsp3) is 1.00. The minimum absolute atomic E-state index is 0.112. The Kier molecular flexibility index (Phi) is 1.68. The number of nitrogens with two attached hydrogens (primary N) is 1. The van der Waals surface area contributed by atoms with Gasteiger partial charge in [-0.15, -0.1) is 0 Å². The van der Waals surface area contributed by atoms with Gasteiger partial charge in [0.25, 0.3) is 0 Å². The molecule has 0 bridgehead atoms. The lowest BCUT2D eigenvalue weighted by molar-refractivity contribution is 0.00445. The minimum Gasteiger partial charge on any atom is -0.296 e. The van der Waals surface area contributed by atoms with Crippen LogP contribution in [-0.4, -0.2) is 18.6 Å². The molecule has 0 saturated carbocycles. The Bertz CT molecular complexity index is 105. The van der Waals surface area contributed by atoms with Gasteiger partial charge in [0, 0.05) is 6.42 Å². The molecule has 1 heterocycles. The van der Waals surface area contributed by atoms with Crippen molar-refractivity contribution in [2.24, 2.45) is 5.73 Å². The lowest BCUT2D eigenvalue weighted by atomic mass is 10.1. The molecule has 1 aliphatic rings. The molecule has 1 aliphatic heterocycles. The van der Waals surface area contributed by atoms with Crippen molar-refractivity contribution in [3.8, 4) is 0 Å². The number of piperidine rings is 1. The molecule has 1 fully saturated rings. The van der Waals surface area contributed by atoms with Gasteiger partial charge in [0.05, 0.1) is 0 Å². The van der Waals surface area contributed by atoms with Crippen molar-refractivity contribution in [2.45, 2.75) is 24.9 Å². The van der Waals surface area contributed by atoms with Crippen LogP contribution in [0.1, 0.15) is 12.8 Å². The maximum atomic E-state index is 12.6. The summed E-state index contributed by atoms with van der Waals surface area (Å²) in [7, 11) is 0. The normalized spacial score (nSPS) is 45.0. The van der Waals surface area contributed by atoms with Crippen molar-refractivity contribution in [3.63, 3.8) is 0 Å². The van der Waals surface area contributed by atoms with E-state index >= 15 is 0 Å². The summed E-state index contributed by atoms with van der Waals surface area (Å²) in [6.45, 7) is 0.518. The molecule has 1 rings (SSSR count). The molecule has 1 saturated heterocycles. The van der Waals surface area contributed by atoms with E-state index in [1.807, 2.05) is 0 Å². The van der Waals surface area contributed by atoms with E-state index in [9.17, 15) is 8.78 Å². The smallest absolute Gasteiger partial charge is 0.204 e. The van der Waals surface area contributed by atoms with Crippen LogP contribution in [0, 0.1) is 0 Å². The largest absolute Gasteiger partial charge is 0.296 e. The van der Waals surface area contributed by atoms with Crippen molar-refractivity contribution in [1.82, 2.24) is 5.32 Å². The maximum absolute atomic E-state index is 12.6. The number of alkyl halides is 2. The highest BCUT2D eigenvalue weighted by Crippen LogP contribution is 2.20. The van der Waals surface area contributed by atoms with Gasteiger partial charge >= 0.3 is 0 Å². The van der Waals surface area contributed by atoms with Crippen LogP contribution in [0.3, 0.4) is 0 Å². The first-order valence-electron chi connectivity index (χ1n) is 2.98. The van der Waals surface area contributed by atoms with Crippen LogP contribution in [-0.2, 0) is 0 Å². The summed E-state index contributed by atoms with van der Waals surface area (Å²) in [6, 6.07) is 0. The molecule has 2 nitrogen and oxygen atoms in total. The summed E-state index contributed by atoms with van der Waals surface area (Å²) in [6.07, 6.45) is -0.972. The SMILES string of the molecule is NC1(F)CCCNC1F. The number of hydrogen-bond donors (Lipinski definition) is 2. The molecule has 0 aliphatic carbocycles. The number of hydrogen-bond acceptors (Lipinski definition) is 2. The second kappa shape index (κ2) is 2.19. The first-order chi connectivity index (χ1) is 4.13. The Morgan fingerprint density at radius 1 is 1.67 bits per heavy atom. The third kappa shape index (κ3) is 1.37. The first-order valence-corrected chi connectivity index (χ1v) is 2.98. The molecule has 3 N–H and O–H groups in total. The van der Waals surface area contributed by atoms with Crippen LogP contribution < -0.4 is 11.1 Å². The number of halogens is 2. The zero-order chi connectivity index (χ0) is 6.91. The lowest BCUT2D eigenvalue weighted by Crippen LogP contribution is -2.55. The average molecular weight is 136 g/mol. The topological polar surface area (TPSA) is 38.0 Å². The second-order valence-electron chi connectivity index (χ2n) is 2.35. The molecular formula is C5H10F2N2. The quantitative estimate of drug-likeness (QED) is 0.470. The average Bonchev–Trinajstić information content (AvgIpc) is 1.77. The van der Waals surface area contributed by atoms with Gasteiger partial charge in [0.2, 0.25) is 5.79 Å². The van der Waals surface area contributed by atoms with Gasteiger partial charge in [0.1, 0.15) is 0 Å². The summed E-state index contributed by atoms with van der Waals surface area (Å²) in [5.74, 6) is -2.14. The maximum Gasteiger partial charge on any atom is 0.204 e. The Hall–Kier alpha value is -0.220. The van der Waals surface area contributed by atoms with E-state index in [1.165, 1.54) is 0 Å². The van der Waals surface area contributed by atoms with Gasteiger partial charge in [-0.3, -0.25) is 11.1 Å². The predicted octanol–water partition coefficient (Wildman–Crippen LogP) is 0.290. The van der Waals surface area contributed by atoms with Crippen LogP contribution in [0.15, 0.2) is 0 Å². The van der Waals surface area contributed by atoms with Crippen LogP contribution in [0.4, 0.5) is 8.78 Å². The Balaban J connectivity index is 2.49. The van der Waals surface area contributed by atoms with E-state index in [-0.39, 0.29) is 6.42 Å². The Morgan fingerprint density at radius 3 is 2.67 bits per heavy atom. The molecule has 2 atom stereocenters. The van der Waals surface area contributed by atoms with Gasteiger partial charge < -0.3 is 0 Å². The molecule has 0 aromatic carbocycles. The zero-order valence-corrected chi connectivity index (χ0v) is 5.03. The summed E-state index contributed by atoms with van der Waals surface area (Å²) in [4.78, 5) is 0. The summed E-state index contributed by atoms with van der Waals surface area (Å²) < 4.78 is 25.0. The monoisotopic (exact) mass is 136 g/mol. The fourth-order valence-electron chi connectivity index (χ4n) is 0.885. The van der Waals surface area contributed by atoms with Crippen molar-refractivity contribution in [3.05, 3.63) is 0 Å². The van der Waals surface area contributed by atoms with E-state index in [4.69, 9.17) is 5.73 Å². The van der Waals surface area contributed by atoms with Gasteiger partial charge in [-0.2, -0.15) is 0 Å². The molecule has 0 aromatic rings. The third-order valence-corrected chi connectivity index (χ3v) is 1.48. The van der Waals surface area contributed by atoms with Gasteiger partial charge in [0.15, 0.2) is 6.30 Å². The molecule has 0 aromatic heterocycles. The molecule has 2 unspecified atom stereocenters. The van der Waals surface area contributed by atoms with Crippen molar-refractivity contribution in [1.29, 1.82) is 0 Å². The fourth-order valence-corrected chi connectivity index (χ4v) is 0.885. The second-order valence-corrected chi connectivity index (χ2v) is 2.35. The standard InChI is InChI=1S/C5H10F2N2/c6-4-5(7,8)2-1-3-9-4/h4,9H,1-3,8H2. The van der Waals surface area contributed by atoms with E-state index < -0.39 is 12.1 Å². The highest BCUT2D eigenvalue weighted by Gasteiger charge is 2.37. The van der Waals surface area contributed by atoms with Crippen LogP contribution >= 0.6 is 0 Å². The number of rotatable bonds is 0. The van der Waals surface area contributed by atoms with Crippen molar-refractivity contribution >= 4 is 0 Å². The first kappa shape index (κ1) is 6.89. The Morgan fingerprint density at radius 2 is 2.33 bits per heavy atom. The minimum atomic E-state index is -2.14. The molecule has 54 valence electrons. The highest BCUT2D eigenvalue weighted by atomic mass is 19.2. The van der Waals surface area contributed by atoms with Gasteiger partial charge in [-0.1, -0.05) is 0 Å². The zero-order valence-electron chi connectivity index (χ0n) is 5.03. The summed E-state index contributed by atoms with van der Waals surface area (Å²) in [5.41, 5.74) is 4.92. The van der Waals surface area contributed by atoms with Crippen LogP contribution in [0.5, 0.6) is 0 Å². The molecular weight excluding hydrogens is 126 g/mol. The molecule has 0 spiro atoms. The van der Waals surface area contributed by atoms with E-state index in [1.54, 1.807) is 0 Å². The molecule has 9 heavy (non-hydrogen) atoms. The van der Waals surface area contributed by atoms with Crippen molar-refractivity contribution in [2.75, 3.05) is 6.54 Å². The molecule has 4 heteroatoms. The van der Waals surface area contributed by atoms with Crippen LogP contribution in [0.2, 0.25) is 0 Å². The summed E-state index contributed by atoms with van der Waals surface area (Å²) in [5, 5.41) is 2.31. The highest BCUT2D eigenvalue weighted by molar-refractivity contribution is 4.83. The van der Waals surface area contributed by atoms with Crippen molar-refractivity contribution < 1.29 is 8.78 Å². The van der Waals surface area contributed by atoms with Gasteiger partial charge in [-0.25, -0.2) is 8.78 Å². The molecule has 0 radical (unpaired) electrons. The van der Waals surface area contributed by atoms with E-state index in [0.29, 0.717) is 13.0 Å². The molecule has 0 amide bonds. The summed E-state index contributed by atoms with van der Waals surface area (Å²) >= 11 is 0. The predicted molar refractivity (Wildman–Crippen MR) is 30.2 cm³/mol. The van der Waals surface area contributed by atoms with Gasteiger partial charge in [-0.05, 0) is 13.0 Å². The van der Waals surface area contributed by atoms with Crippen LogP contribution in [0.25, 0.3) is 0 Å². The van der Waals surface area contributed by atoms with E-state index in [2.05, 4.69) is 5.32 Å². The van der Waals surface area contributed by atoms with E-state index in [0.717, 1.165) is 0 Å². The number of nitrogens with one attached hydrogen (secondary N) is 1.